The lowest BCUT2D eigenvalue weighted by Gasteiger charge is -2.47. The molecule has 0 aliphatic heterocycles. The quantitative estimate of drug-likeness (QED) is 0.334. The first-order valence-corrected chi connectivity index (χ1v) is 15.5. The lowest BCUT2D eigenvalue weighted by Crippen LogP contribution is -2.37. The molecule has 0 aromatic heterocycles. The van der Waals surface area contributed by atoms with Crippen molar-refractivity contribution < 1.29 is 4.39 Å². The third-order valence-electron chi connectivity index (χ3n) is 11.1. The molecule has 0 N–H and O–H groups in total. The average Bonchev–Trinajstić information content (AvgIpc) is 2.88. The minimum Gasteiger partial charge on any atom is -0.207 e. The summed E-state index contributed by atoms with van der Waals surface area (Å²) in [5.41, 5.74) is 2.73. The van der Waals surface area contributed by atoms with Crippen LogP contribution < -0.4 is 0 Å². The van der Waals surface area contributed by atoms with Crippen molar-refractivity contribution in [3.05, 3.63) is 35.1 Å². The molecule has 1 heteroatoms. The Labute approximate surface area is 209 Å². The van der Waals surface area contributed by atoms with Crippen molar-refractivity contribution in [1.29, 1.82) is 0 Å². The normalized spacial score (nSPS) is 36.0. The maximum absolute atomic E-state index is 13.6. The zero-order valence-electron chi connectivity index (χ0n) is 22.1. The second-order valence-corrected chi connectivity index (χ2v) is 13.1. The summed E-state index contributed by atoms with van der Waals surface area (Å²) in [6.07, 6.45) is 27.7. The van der Waals surface area contributed by atoms with E-state index in [0.29, 0.717) is 0 Å². The van der Waals surface area contributed by atoms with Crippen molar-refractivity contribution in [3.8, 4) is 0 Å². The molecule has 5 atom stereocenters. The van der Waals surface area contributed by atoms with Crippen molar-refractivity contribution >= 4 is 0 Å². The van der Waals surface area contributed by atoms with Gasteiger partial charge in [-0.25, -0.2) is 4.39 Å². The van der Waals surface area contributed by atoms with Gasteiger partial charge < -0.3 is 0 Å². The molecular weight excluding hydrogens is 415 g/mol. The summed E-state index contributed by atoms with van der Waals surface area (Å²) in [4.78, 5) is 0. The van der Waals surface area contributed by atoms with Crippen LogP contribution in [0.5, 0.6) is 0 Å². The van der Waals surface area contributed by atoms with Crippen LogP contribution in [0.1, 0.15) is 127 Å². The van der Waals surface area contributed by atoms with Gasteiger partial charge in [-0.05, 0) is 135 Å². The van der Waals surface area contributed by atoms with Gasteiger partial charge in [0.1, 0.15) is 5.82 Å². The summed E-state index contributed by atoms with van der Waals surface area (Å²) in [6.45, 7) is 2.32. The maximum Gasteiger partial charge on any atom is 0.123 e. The molecule has 0 saturated heterocycles. The number of fused-ring (bicyclic) bond motifs is 2. The highest BCUT2D eigenvalue weighted by Gasteiger charge is 2.40. The van der Waals surface area contributed by atoms with E-state index in [0.717, 1.165) is 47.8 Å². The van der Waals surface area contributed by atoms with Gasteiger partial charge in [0.2, 0.25) is 0 Å². The minimum absolute atomic E-state index is 0.0506. The second-order valence-electron chi connectivity index (χ2n) is 13.1. The highest BCUT2D eigenvalue weighted by Crippen LogP contribution is 2.51. The summed E-state index contributed by atoms with van der Waals surface area (Å²) in [5.74, 6) is 6.97. The van der Waals surface area contributed by atoms with Gasteiger partial charge in [0, 0.05) is 0 Å². The second kappa shape index (κ2) is 11.9. The van der Waals surface area contributed by atoms with Crippen LogP contribution in [-0.4, -0.2) is 0 Å². The van der Waals surface area contributed by atoms with E-state index in [1.54, 1.807) is 31.4 Å². The Morgan fingerprint density at radius 1 is 0.647 bits per heavy atom. The first-order chi connectivity index (χ1) is 16.7. The highest BCUT2D eigenvalue weighted by molar-refractivity contribution is 5.30. The predicted octanol–water partition coefficient (Wildman–Crippen LogP) is 9.93. The third kappa shape index (κ3) is 6.10. The molecule has 5 unspecified atom stereocenters. The molecule has 0 nitrogen and oxygen atoms in total. The number of aryl methyl sites for hydroxylation is 1. The lowest BCUT2D eigenvalue weighted by molar-refractivity contribution is 0.0439. The van der Waals surface area contributed by atoms with Gasteiger partial charge in [-0.15, -0.1) is 0 Å². The molecule has 0 amide bonds. The van der Waals surface area contributed by atoms with Gasteiger partial charge in [0.05, 0.1) is 0 Å². The zero-order chi connectivity index (χ0) is 23.3. The van der Waals surface area contributed by atoms with Gasteiger partial charge in [-0.2, -0.15) is 0 Å². The molecule has 4 aliphatic rings. The molecule has 0 bridgehead atoms. The van der Waals surface area contributed by atoms with Crippen molar-refractivity contribution in [2.24, 2.45) is 41.4 Å². The van der Waals surface area contributed by atoms with Crippen LogP contribution in [0.15, 0.2) is 18.2 Å². The van der Waals surface area contributed by atoms with E-state index in [4.69, 9.17) is 0 Å². The first kappa shape index (κ1) is 24.8. The Hall–Kier alpha value is -0.850. The number of halogens is 1. The van der Waals surface area contributed by atoms with E-state index in [9.17, 15) is 4.39 Å². The SMILES string of the molecule is CCCCCCCC1CCC(C2CCC3CC(C4CCc5cc(F)ccc5C4)CCC3C2)CC1. The minimum atomic E-state index is -0.0506. The maximum atomic E-state index is 13.6. The van der Waals surface area contributed by atoms with Crippen LogP contribution in [0, 0.1) is 47.2 Å². The van der Waals surface area contributed by atoms with Gasteiger partial charge >= 0.3 is 0 Å². The zero-order valence-corrected chi connectivity index (χ0v) is 22.1. The molecular formula is C33H51F. The number of benzene rings is 1. The van der Waals surface area contributed by atoms with E-state index >= 15 is 0 Å². The molecule has 0 radical (unpaired) electrons. The molecule has 3 fully saturated rings. The Morgan fingerprint density at radius 2 is 1.26 bits per heavy atom. The molecule has 34 heavy (non-hydrogen) atoms. The van der Waals surface area contributed by atoms with Crippen LogP contribution in [0.4, 0.5) is 4.39 Å². The van der Waals surface area contributed by atoms with E-state index < -0.39 is 0 Å². The number of unbranched alkanes of at least 4 members (excludes halogenated alkanes) is 4. The summed E-state index contributed by atoms with van der Waals surface area (Å²) >= 11 is 0. The Bertz CT molecular complexity index is 760. The van der Waals surface area contributed by atoms with Gasteiger partial charge in [-0.1, -0.05) is 64.4 Å². The molecule has 0 heterocycles. The summed E-state index contributed by atoms with van der Waals surface area (Å²) < 4.78 is 13.6. The Balaban J connectivity index is 1.04. The summed E-state index contributed by atoms with van der Waals surface area (Å²) in [5, 5.41) is 0. The molecule has 3 saturated carbocycles. The van der Waals surface area contributed by atoms with E-state index in [1.807, 2.05) is 0 Å². The largest absolute Gasteiger partial charge is 0.207 e. The molecule has 1 aromatic carbocycles. The van der Waals surface area contributed by atoms with E-state index in [-0.39, 0.29) is 5.82 Å². The van der Waals surface area contributed by atoms with Gasteiger partial charge in [0.25, 0.3) is 0 Å². The Morgan fingerprint density at radius 3 is 1.97 bits per heavy atom. The number of hydrogen-bond donors (Lipinski definition) is 0. The Kier molecular flexibility index (Phi) is 8.71. The number of hydrogen-bond acceptors (Lipinski definition) is 0. The fourth-order valence-corrected chi connectivity index (χ4v) is 8.96. The van der Waals surface area contributed by atoms with E-state index in [2.05, 4.69) is 13.0 Å². The number of rotatable bonds is 8. The van der Waals surface area contributed by atoms with Crippen LogP contribution in [0.2, 0.25) is 0 Å². The van der Waals surface area contributed by atoms with Crippen LogP contribution in [-0.2, 0) is 12.8 Å². The molecule has 4 aliphatic carbocycles. The lowest BCUT2D eigenvalue weighted by atomic mass is 9.58. The van der Waals surface area contributed by atoms with E-state index in [1.165, 1.54) is 107 Å². The fraction of sp³-hybridized carbons (Fsp3) is 0.818. The van der Waals surface area contributed by atoms with Gasteiger partial charge in [0.15, 0.2) is 0 Å². The van der Waals surface area contributed by atoms with Crippen molar-refractivity contribution in [2.45, 2.75) is 129 Å². The third-order valence-corrected chi connectivity index (χ3v) is 11.1. The molecule has 0 spiro atoms. The molecule has 5 rings (SSSR count). The molecule has 1 aromatic rings. The van der Waals surface area contributed by atoms with Crippen molar-refractivity contribution in [2.75, 3.05) is 0 Å². The van der Waals surface area contributed by atoms with Crippen molar-refractivity contribution in [1.82, 2.24) is 0 Å². The predicted molar refractivity (Wildman–Crippen MR) is 142 cm³/mol. The molecule has 190 valence electrons. The van der Waals surface area contributed by atoms with Crippen molar-refractivity contribution in [3.63, 3.8) is 0 Å². The average molecular weight is 467 g/mol. The monoisotopic (exact) mass is 466 g/mol. The topological polar surface area (TPSA) is 0 Å². The summed E-state index contributed by atoms with van der Waals surface area (Å²) in [7, 11) is 0. The fourth-order valence-electron chi connectivity index (χ4n) is 8.96. The van der Waals surface area contributed by atoms with Gasteiger partial charge in [-0.3, -0.25) is 0 Å². The standard InChI is InChI=1S/C33H51F/c1-2-3-4-5-6-7-24-8-10-25(11-9-24)26-12-13-28-21-29(15-14-27(28)20-26)30-16-17-32-23-33(34)19-18-31(32)22-30/h18-19,23-30H,2-17,20-22H2,1H3. The first-order valence-electron chi connectivity index (χ1n) is 15.5. The van der Waals surface area contributed by atoms with Crippen LogP contribution in [0.3, 0.4) is 0 Å². The highest BCUT2D eigenvalue weighted by atomic mass is 19.1. The van der Waals surface area contributed by atoms with Crippen LogP contribution >= 0.6 is 0 Å². The smallest absolute Gasteiger partial charge is 0.123 e. The summed E-state index contributed by atoms with van der Waals surface area (Å²) in [6, 6.07) is 5.56. The van der Waals surface area contributed by atoms with Crippen LogP contribution in [0.25, 0.3) is 0 Å².